The van der Waals surface area contributed by atoms with Crippen molar-refractivity contribution in [2.24, 2.45) is 0 Å². The van der Waals surface area contributed by atoms with Crippen LogP contribution in [0.5, 0.6) is 0 Å². The van der Waals surface area contributed by atoms with Crippen molar-refractivity contribution in [3.8, 4) is 10.6 Å². The van der Waals surface area contributed by atoms with Gasteiger partial charge in [0.2, 0.25) is 5.91 Å². The Kier molecular flexibility index (Phi) is 4.28. The molecule has 1 unspecified atom stereocenters. The van der Waals surface area contributed by atoms with Crippen LogP contribution in [0.2, 0.25) is 0 Å². The average molecular weight is 303 g/mol. The lowest BCUT2D eigenvalue weighted by Gasteiger charge is -2.22. The molecule has 5 nitrogen and oxygen atoms in total. The third kappa shape index (κ3) is 3.47. The molecule has 0 saturated carbocycles. The van der Waals surface area contributed by atoms with Gasteiger partial charge in [-0.2, -0.15) is 0 Å². The van der Waals surface area contributed by atoms with Crippen LogP contribution < -0.4 is 10.6 Å². The Morgan fingerprint density at radius 2 is 2.24 bits per heavy atom. The number of anilines is 1. The van der Waals surface area contributed by atoms with Gasteiger partial charge >= 0.3 is 0 Å². The van der Waals surface area contributed by atoms with Crippen molar-refractivity contribution in [3.05, 3.63) is 35.3 Å². The molecule has 1 aliphatic heterocycles. The number of aryl methyl sites for hydroxylation is 1. The quantitative estimate of drug-likeness (QED) is 0.911. The summed E-state index contributed by atoms with van der Waals surface area (Å²) in [7, 11) is 0. The number of thiazole rings is 1. The number of carbonyl (C=O) groups excluding carboxylic acids is 1. The van der Waals surface area contributed by atoms with E-state index in [4.69, 9.17) is 4.74 Å². The molecule has 110 valence electrons. The van der Waals surface area contributed by atoms with E-state index in [1.165, 1.54) is 0 Å². The molecule has 2 heterocycles. The number of morpholine rings is 1. The maximum absolute atomic E-state index is 12.1. The summed E-state index contributed by atoms with van der Waals surface area (Å²) in [6, 6.07) is 7.46. The van der Waals surface area contributed by atoms with Gasteiger partial charge in [-0.3, -0.25) is 4.79 Å². The van der Waals surface area contributed by atoms with Crippen molar-refractivity contribution in [1.29, 1.82) is 0 Å². The van der Waals surface area contributed by atoms with Crippen molar-refractivity contribution in [2.75, 3.05) is 25.1 Å². The van der Waals surface area contributed by atoms with Crippen LogP contribution in [0.4, 0.5) is 5.69 Å². The lowest BCUT2D eigenvalue weighted by atomic mass is 10.2. The summed E-state index contributed by atoms with van der Waals surface area (Å²) in [6.45, 7) is 3.77. The topological polar surface area (TPSA) is 63.2 Å². The second kappa shape index (κ2) is 6.34. The molecule has 0 aliphatic carbocycles. The van der Waals surface area contributed by atoms with Gasteiger partial charge in [0.1, 0.15) is 11.0 Å². The van der Waals surface area contributed by atoms with Crippen LogP contribution in [0.15, 0.2) is 29.6 Å². The molecule has 2 aromatic rings. The summed E-state index contributed by atoms with van der Waals surface area (Å²) in [4.78, 5) is 16.5. The smallest absolute Gasteiger partial charge is 0.243 e. The molecule has 0 radical (unpaired) electrons. The maximum Gasteiger partial charge on any atom is 0.243 e. The van der Waals surface area contributed by atoms with Gasteiger partial charge in [0.05, 0.1) is 13.2 Å². The van der Waals surface area contributed by atoms with Gasteiger partial charge in [-0.15, -0.1) is 11.3 Å². The summed E-state index contributed by atoms with van der Waals surface area (Å²) in [6.07, 6.45) is 0. The molecule has 3 rings (SSSR count). The predicted molar refractivity (Wildman–Crippen MR) is 83.5 cm³/mol. The largest absolute Gasteiger partial charge is 0.378 e. The van der Waals surface area contributed by atoms with Crippen LogP contribution in [0.3, 0.4) is 0 Å². The van der Waals surface area contributed by atoms with Crippen LogP contribution in [0.25, 0.3) is 10.6 Å². The maximum atomic E-state index is 12.1. The van der Waals surface area contributed by atoms with Gasteiger partial charge in [0.25, 0.3) is 0 Å². The summed E-state index contributed by atoms with van der Waals surface area (Å²) < 4.78 is 5.29. The number of nitrogens with zero attached hydrogens (tertiary/aromatic N) is 1. The van der Waals surface area contributed by atoms with Gasteiger partial charge in [-0.05, 0) is 31.2 Å². The first-order chi connectivity index (χ1) is 10.2. The van der Waals surface area contributed by atoms with E-state index in [0.717, 1.165) is 22.0 Å². The van der Waals surface area contributed by atoms with E-state index in [0.29, 0.717) is 19.8 Å². The Bertz CT molecular complexity index is 618. The number of nitrogens with one attached hydrogen (secondary N) is 2. The highest BCUT2D eigenvalue weighted by atomic mass is 32.1. The fraction of sp³-hybridized carbons (Fsp3) is 0.333. The molecule has 1 aromatic carbocycles. The van der Waals surface area contributed by atoms with Crippen LogP contribution in [0, 0.1) is 6.92 Å². The Labute approximate surface area is 127 Å². The average Bonchev–Trinajstić information content (AvgIpc) is 2.95. The number of aromatic nitrogens is 1. The molecule has 21 heavy (non-hydrogen) atoms. The molecular weight excluding hydrogens is 286 g/mol. The van der Waals surface area contributed by atoms with Crippen LogP contribution >= 0.6 is 11.3 Å². The third-order valence-corrected chi connectivity index (χ3v) is 4.27. The van der Waals surface area contributed by atoms with Crippen LogP contribution in [-0.4, -0.2) is 36.7 Å². The fourth-order valence-corrected chi connectivity index (χ4v) is 2.95. The van der Waals surface area contributed by atoms with Gasteiger partial charge in [-0.1, -0.05) is 0 Å². The highest BCUT2D eigenvalue weighted by Crippen LogP contribution is 2.24. The summed E-state index contributed by atoms with van der Waals surface area (Å²) >= 11 is 1.62. The minimum atomic E-state index is -0.278. The number of hydrogen-bond acceptors (Lipinski definition) is 5. The molecule has 1 fully saturated rings. The second-order valence-electron chi connectivity index (χ2n) is 4.94. The number of rotatable bonds is 3. The molecule has 6 heteroatoms. The van der Waals surface area contributed by atoms with Gasteiger partial charge in [0.15, 0.2) is 0 Å². The lowest BCUT2D eigenvalue weighted by Crippen LogP contribution is -2.48. The Morgan fingerprint density at radius 1 is 1.43 bits per heavy atom. The van der Waals surface area contributed by atoms with E-state index in [1.807, 2.05) is 36.6 Å². The van der Waals surface area contributed by atoms with Crippen molar-refractivity contribution < 1.29 is 9.53 Å². The van der Waals surface area contributed by atoms with Crippen LogP contribution in [0.1, 0.15) is 5.69 Å². The first-order valence-electron chi connectivity index (χ1n) is 6.87. The first-order valence-corrected chi connectivity index (χ1v) is 7.75. The summed E-state index contributed by atoms with van der Waals surface area (Å²) in [5.74, 6) is -0.0625. The molecule has 1 aliphatic rings. The SMILES string of the molecule is Cc1csc(-c2ccc(NC(=O)C3COCCN3)cc2)n1. The van der Waals surface area contributed by atoms with Crippen molar-refractivity contribution in [3.63, 3.8) is 0 Å². The van der Waals surface area contributed by atoms with Crippen LogP contribution in [-0.2, 0) is 9.53 Å². The Morgan fingerprint density at radius 3 is 2.86 bits per heavy atom. The zero-order valence-corrected chi connectivity index (χ0v) is 12.6. The number of amides is 1. The lowest BCUT2D eigenvalue weighted by molar-refractivity contribution is -0.120. The van der Waals surface area contributed by atoms with E-state index in [-0.39, 0.29) is 11.9 Å². The normalized spacial score (nSPS) is 18.4. The van der Waals surface area contributed by atoms with E-state index in [9.17, 15) is 4.79 Å². The molecule has 1 amide bonds. The van der Waals surface area contributed by atoms with Gasteiger partial charge < -0.3 is 15.4 Å². The van der Waals surface area contributed by atoms with E-state index < -0.39 is 0 Å². The molecular formula is C15H17N3O2S. The molecule has 1 saturated heterocycles. The van der Waals surface area contributed by atoms with E-state index in [1.54, 1.807) is 11.3 Å². The highest BCUT2D eigenvalue weighted by Gasteiger charge is 2.21. The zero-order chi connectivity index (χ0) is 14.7. The summed E-state index contributed by atoms with van der Waals surface area (Å²) in [5.41, 5.74) is 2.87. The zero-order valence-electron chi connectivity index (χ0n) is 11.8. The Balaban J connectivity index is 1.65. The highest BCUT2D eigenvalue weighted by molar-refractivity contribution is 7.13. The minimum Gasteiger partial charge on any atom is -0.378 e. The summed E-state index contributed by atoms with van der Waals surface area (Å²) in [5, 5.41) is 9.05. The fourth-order valence-electron chi connectivity index (χ4n) is 2.15. The molecule has 0 spiro atoms. The van der Waals surface area contributed by atoms with Crippen molar-refractivity contribution in [2.45, 2.75) is 13.0 Å². The molecule has 1 atom stereocenters. The number of hydrogen-bond donors (Lipinski definition) is 2. The van der Waals surface area contributed by atoms with Crippen molar-refractivity contribution >= 4 is 22.9 Å². The minimum absolute atomic E-state index is 0.0625. The van der Waals surface area contributed by atoms with E-state index >= 15 is 0 Å². The third-order valence-electron chi connectivity index (χ3n) is 3.26. The molecule has 2 N–H and O–H groups in total. The van der Waals surface area contributed by atoms with Gasteiger partial charge in [0, 0.05) is 28.9 Å². The van der Waals surface area contributed by atoms with Crippen molar-refractivity contribution in [1.82, 2.24) is 10.3 Å². The number of ether oxygens (including phenoxy) is 1. The Hall–Kier alpha value is -1.76. The second-order valence-corrected chi connectivity index (χ2v) is 5.80. The monoisotopic (exact) mass is 303 g/mol. The van der Waals surface area contributed by atoms with E-state index in [2.05, 4.69) is 15.6 Å². The van der Waals surface area contributed by atoms with Gasteiger partial charge in [-0.25, -0.2) is 4.98 Å². The number of carbonyl (C=O) groups is 1. The number of benzene rings is 1. The molecule has 0 bridgehead atoms. The predicted octanol–water partition coefficient (Wildman–Crippen LogP) is 2.05. The first kappa shape index (κ1) is 14.2. The molecule has 1 aromatic heterocycles. The standard InChI is InChI=1S/C15H17N3O2S/c1-10-9-21-15(17-10)11-2-4-12(5-3-11)18-14(19)13-8-20-7-6-16-13/h2-5,9,13,16H,6-8H2,1H3,(H,18,19).